The second-order valence-corrected chi connectivity index (χ2v) is 8.96. The van der Waals surface area contributed by atoms with Gasteiger partial charge in [0.2, 0.25) is 0 Å². The molecule has 174 valence electrons. The number of aromatic nitrogens is 4. The Morgan fingerprint density at radius 1 is 1.12 bits per heavy atom. The second kappa shape index (κ2) is 9.58. The second-order valence-electron chi connectivity index (χ2n) is 8.96. The van der Waals surface area contributed by atoms with Crippen LogP contribution >= 0.6 is 0 Å². The van der Waals surface area contributed by atoms with Gasteiger partial charge >= 0.3 is 6.09 Å². The fourth-order valence-corrected chi connectivity index (χ4v) is 3.71. The van der Waals surface area contributed by atoms with Gasteiger partial charge in [0.1, 0.15) is 24.7 Å². The van der Waals surface area contributed by atoms with E-state index in [9.17, 15) is 4.79 Å². The van der Waals surface area contributed by atoms with Gasteiger partial charge in [-0.15, -0.1) is 5.10 Å². The van der Waals surface area contributed by atoms with Crippen LogP contribution in [0.4, 0.5) is 4.79 Å². The molecule has 0 fully saturated rings. The lowest BCUT2D eigenvalue weighted by molar-refractivity contribution is 0.0223. The Kier molecular flexibility index (Phi) is 6.60. The van der Waals surface area contributed by atoms with E-state index in [1.54, 1.807) is 16.7 Å². The first-order chi connectivity index (χ1) is 15.8. The summed E-state index contributed by atoms with van der Waals surface area (Å²) in [5.41, 5.74) is 3.45. The van der Waals surface area contributed by atoms with Gasteiger partial charge in [-0.1, -0.05) is 30.3 Å². The highest BCUT2D eigenvalue weighted by molar-refractivity contribution is 5.70. The van der Waals surface area contributed by atoms with Crippen molar-refractivity contribution in [1.82, 2.24) is 25.1 Å². The summed E-state index contributed by atoms with van der Waals surface area (Å²) < 4.78 is 18.6. The lowest BCUT2D eigenvalue weighted by Gasteiger charge is -2.31. The van der Waals surface area contributed by atoms with Crippen LogP contribution in [0.3, 0.4) is 0 Å². The summed E-state index contributed by atoms with van der Waals surface area (Å²) in [6, 6.07) is 14.0. The molecule has 1 amide bonds. The Morgan fingerprint density at radius 2 is 1.91 bits per heavy atom. The van der Waals surface area contributed by atoms with Gasteiger partial charge in [-0.05, 0) is 66.4 Å². The predicted octanol–water partition coefficient (Wildman–Crippen LogP) is 3.82. The molecule has 0 saturated carbocycles. The Labute approximate surface area is 193 Å². The molecule has 9 heteroatoms. The van der Waals surface area contributed by atoms with Crippen LogP contribution in [0.2, 0.25) is 0 Å². The van der Waals surface area contributed by atoms with Gasteiger partial charge in [0.05, 0.1) is 5.56 Å². The van der Waals surface area contributed by atoms with Crippen LogP contribution in [-0.4, -0.2) is 50.5 Å². The SMILES string of the molecule is COCn1nnnc1-c1cc2c(cc1OCc1ccccc1)CN(C(=O)OC(C)(C)C)CC2. The smallest absolute Gasteiger partial charge is 0.410 e. The third-order valence-electron chi connectivity index (χ3n) is 5.23. The van der Waals surface area contributed by atoms with Gasteiger partial charge in [-0.25, -0.2) is 4.79 Å². The molecule has 0 bridgehead atoms. The number of fused-ring (bicyclic) bond motifs is 1. The van der Waals surface area contributed by atoms with Crippen LogP contribution in [0, 0.1) is 0 Å². The molecule has 3 aromatic rings. The Balaban J connectivity index is 1.66. The van der Waals surface area contributed by atoms with Crippen molar-refractivity contribution in [2.45, 2.75) is 52.7 Å². The predicted molar refractivity (Wildman–Crippen MR) is 121 cm³/mol. The summed E-state index contributed by atoms with van der Waals surface area (Å²) in [4.78, 5) is 14.3. The topological polar surface area (TPSA) is 91.6 Å². The van der Waals surface area contributed by atoms with Crippen LogP contribution in [0.1, 0.15) is 37.5 Å². The van der Waals surface area contributed by atoms with Gasteiger partial charge in [0, 0.05) is 20.2 Å². The highest BCUT2D eigenvalue weighted by Gasteiger charge is 2.27. The number of benzene rings is 2. The average molecular weight is 452 g/mol. The Hall–Kier alpha value is -3.46. The molecule has 0 spiro atoms. The first-order valence-electron chi connectivity index (χ1n) is 10.9. The highest BCUT2D eigenvalue weighted by atomic mass is 16.6. The van der Waals surface area contributed by atoms with Crippen LogP contribution in [0.25, 0.3) is 11.4 Å². The molecule has 33 heavy (non-hydrogen) atoms. The third kappa shape index (κ3) is 5.48. The fraction of sp³-hybridized carbons (Fsp3) is 0.417. The number of hydrogen-bond donors (Lipinski definition) is 0. The Bertz CT molecular complexity index is 1110. The summed E-state index contributed by atoms with van der Waals surface area (Å²) >= 11 is 0. The van der Waals surface area contributed by atoms with Crippen molar-refractivity contribution in [2.24, 2.45) is 0 Å². The molecule has 4 rings (SSSR count). The molecule has 1 aliphatic rings. The lowest BCUT2D eigenvalue weighted by atomic mass is 9.96. The minimum absolute atomic E-state index is 0.226. The van der Waals surface area contributed by atoms with E-state index in [0.717, 1.165) is 22.3 Å². The van der Waals surface area contributed by atoms with E-state index < -0.39 is 5.60 Å². The largest absolute Gasteiger partial charge is 0.488 e. The third-order valence-corrected chi connectivity index (χ3v) is 5.23. The normalized spacial score (nSPS) is 13.5. The number of nitrogens with zero attached hydrogens (tertiary/aromatic N) is 5. The number of tetrazole rings is 1. The zero-order chi connectivity index (χ0) is 23.4. The maximum absolute atomic E-state index is 12.6. The quantitative estimate of drug-likeness (QED) is 0.563. The Morgan fingerprint density at radius 3 is 2.64 bits per heavy atom. The molecule has 0 unspecified atom stereocenters. The van der Waals surface area contributed by atoms with Crippen molar-refractivity contribution in [1.29, 1.82) is 0 Å². The summed E-state index contributed by atoms with van der Waals surface area (Å²) in [5, 5.41) is 12.1. The molecular weight excluding hydrogens is 422 g/mol. The van der Waals surface area contributed by atoms with Crippen molar-refractivity contribution in [3.63, 3.8) is 0 Å². The van der Waals surface area contributed by atoms with Crippen molar-refractivity contribution in [3.8, 4) is 17.1 Å². The zero-order valence-corrected chi connectivity index (χ0v) is 19.4. The van der Waals surface area contributed by atoms with Crippen molar-refractivity contribution >= 4 is 6.09 Å². The van der Waals surface area contributed by atoms with Gasteiger partial charge in [0.15, 0.2) is 5.82 Å². The number of hydrogen-bond acceptors (Lipinski definition) is 7. The van der Waals surface area contributed by atoms with Crippen LogP contribution < -0.4 is 4.74 Å². The van der Waals surface area contributed by atoms with Crippen LogP contribution in [0.15, 0.2) is 42.5 Å². The highest BCUT2D eigenvalue weighted by Crippen LogP contribution is 2.35. The monoisotopic (exact) mass is 451 g/mol. The number of carbonyl (C=O) groups excluding carboxylic acids is 1. The van der Waals surface area contributed by atoms with Crippen LogP contribution in [0.5, 0.6) is 5.75 Å². The molecule has 2 heterocycles. The molecule has 1 aliphatic heterocycles. The fourth-order valence-electron chi connectivity index (χ4n) is 3.71. The van der Waals surface area contributed by atoms with E-state index in [-0.39, 0.29) is 12.8 Å². The number of rotatable bonds is 6. The summed E-state index contributed by atoms with van der Waals surface area (Å²) in [6.07, 6.45) is 0.389. The van der Waals surface area contributed by atoms with E-state index in [0.29, 0.717) is 37.7 Å². The summed E-state index contributed by atoms with van der Waals surface area (Å²) in [7, 11) is 1.59. The molecule has 0 radical (unpaired) electrons. The number of carbonyl (C=O) groups is 1. The maximum Gasteiger partial charge on any atom is 0.410 e. The van der Waals surface area contributed by atoms with E-state index >= 15 is 0 Å². The number of amides is 1. The maximum atomic E-state index is 12.6. The number of ether oxygens (including phenoxy) is 3. The minimum Gasteiger partial charge on any atom is -0.488 e. The molecule has 0 aliphatic carbocycles. The summed E-state index contributed by atoms with van der Waals surface area (Å²) in [5.74, 6) is 1.22. The first-order valence-corrected chi connectivity index (χ1v) is 10.9. The van der Waals surface area contributed by atoms with Crippen molar-refractivity contribution in [3.05, 3.63) is 59.2 Å². The standard InChI is InChI=1S/C24H29N5O4/c1-24(2,3)33-23(30)28-11-10-18-12-20(22-25-26-27-29(22)16-31-4)21(13-19(18)14-28)32-15-17-8-6-5-7-9-17/h5-9,12-13H,10-11,14-16H2,1-4H3. The number of methoxy groups -OCH3 is 1. The van der Waals surface area contributed by atoms with Gasteiger partial charge in [-0.2, -0.15) is 4.68 Å². The molecule has 0 saturated heterocycles. The minimum atomic E-state index is -0.538. The zero-order valence-electron chi connectivity index (χ0n) is 19.4. The van der Waals surface area contributed by atoms with Gasteiger partial charge < -0.3 is 19.1 Å². The van der Waals surface area contributed by atoms with Gasteiger partial charge in [-0.3, -0.25) is 0 Å². The average Bonchev–Trinajstić information content (AvgIpc) is 3.24. The first kappa shape index (κ1) is 22.7. The van der Waals surface area contributed by atoms with Gasteiger partial charge in [0.25, 0.3) is 0 Å². The molecule has 9 nitrogen and oxygen atoms in total. The van der Waals surface area contributed by atoms with Crippen molar-refractivity contribution < 1.29 is 19.0 Å². The molecule has 0 N–H and O–H groups in total. The van der Waals surface area contributed by atoms with Crippen LogP contribution in [-0.2, 0) is 35.8 Å². The lowest BCUT2D eigenvalue weighted by Crippen LogP contribution is -2.39. The van der Waals surface area contributed by atoms with E-state index in [1.165, 1.54) is 0 Å². The van der Waals surface area contributed by atoms with Crippen molar-refractivity contribution in [2.75, 3.05) is 13.7 Å². The van der Waals surface area contributed by atoms with E-state index in [4.69, 9.17) is 14.2 Å². The van der Waals surface area contributed by atoms with E-state index in [2.05, 4.69) is 21.6 Å². The molecular formula is C24H29N5O4. The molecule has 2 aromatic carbocycles. The molecule has 1 aromatic heterocycles. The van der Waals surface area contributed by atoms with E-state index in [1.807, 2.05) is 57.2 Å². The molecule has 0 atom stereocenters. The summed E-state index contributed by atoms with van der Waals surface area (Å²) in [6.45, 7) is 7.26.